The molecule has 0 amide bonds. The topological polar surface area (TPSA) is 32.5 Å². The van der Waals surface area contributed by atoms with Gasteiger partial charge in [0.1, 0.15) is 0 Å². The first kappa shape index (κ1) is 11.0. The quantitative estimate of drug-likeness (QED) is 0.721. The van der Waals surface area contributed by atoms with Crippen molar-refractivity contribution < 1.29 is 0 Å². The Bertz CT molecular complexity index is 243. The predicted molar refractivity (Wildman–Crippen MR) is 66.4 cm³/mol. The van der Waals surface area contributed by atoms with Gasteiger partial charge in [-0.1, -0.05) is 6.42 Å². The van der Waals surface area contributed by atoms with Crippen molar-refractivity contribution in [2.24, 2.45) is 5.73 Å². The number of hydrogen-bond donors (Lipinski definition) is 1. The minimum atomic E-state index is 0.436. The zero-order chi connectivity index (χ0) is 11.0. The van der Waals surface area contributed by atoms with Gasteiger partial charge in [0, 0.05) is 31.2 Å². The van der Waals surface area contributed by atoms with Crippen LogP contribution in [0.25, 0.3) is 0 Å². The molecular formula is C13H25N3. The number of hydrogen-bond acceptors (Lipinski definition) is 3. The first-order chi connectivity index (χ1) is 7.84. The molecule has 0 bridgehead atoms. The molecule has 3 unspecified atom stereocenters. The Kier molecular flexibility index (Phi) is 3.18. The molecule has 3 aliphatic heterocycles. The van der Waals surface area contributed by atoms with Gasteiger partial charge in [-0.2, -0.15) is 0 Å². The molecule has 3 heterocycles. The first-order valence-corrected chi connectivity index (χ1v) is 7.08. The fraction of sp³-hybridized carbons (Fsp3) is 1.00. The monoisotopic (exact) mass is 223 g/mol. The lowest BCUT2D eigenvalue weighted by Crippen LogP contribution is -2.52. The van der Waals surface area contributed by atoms with E-state index in [1.54, 1.807) is 0 Å². The number of piperidine rings is 2. The van der Waals surface area contributed by atoms with Gasteiger partial charge in [-0.25, -0.2) is 0 Å². The maximum absolute atomic E-state index is 6.11. The zero-order valence-electron chi connectivity index (χ0n) is 10.3. The Hall–Kier alpha value is -0.120. The highest BCUT2D eigenvalue weighted by Crippen LogP contribution is 2.31. The number of nitrogens with zero attached hydrogens (tertiary/aromatic N) is 2. The van der Waals surface area contributed by atoms with E-state index in [4.69, 9.17) is 5.73 Å². The van der Waals surface area contributed by atoms with Gasteiger partial charge in [0.05, 0.1) is 0 Å². The maximum Gasteiger partial charge on any atom is 0.0264 e. The Balaban J connectivity index is 1.65. The molecule has 0 aromatic rings. The minimum absolute atomic E-state index is 0.436. The summed E-state index contributed by atoms with van der Waals surface area (Å²) < 4.78 is 0. The molecular weight excluding hydrogens is 198 g/mol. The highest BCUT2D eigenvalue weighted by Gasteiger charge is 2.39. The number of nitrogens with two attached hydrogens (primary N) is 1. The summed E-state index contributed by atoms with van der Waals surface area (Å²) in [6.07, 6.45) is 8.22. The van der Waals surface area contributed by atoms with Crippen LogP contribution >= 0.6 is 0 Å². The van der Waals surface area contributed by atoms with E-state index in [0.29, 0.717) is 6.04 Å². The normalized spacial score (nSPS) is 42.2. The molecule has 3 rings (SSSR count). The highest BCUT2D eigenvalue weighted by atomic mass is 15.3. The lowest BCUT2D eigenvalue weighted by molar-refractivity contribution is 0.0927. The van der Waals surface area contributed by atoms with Crippen LogP contribution in [0.5, 0.6) is 0 Å². The molecule has 3 atom stereocenters. The lowest BCUT2D eigenvalue weighted by Gasteiger charge is -2.41. The second-order valence-corrected chi connectivity index (χ2v) is 5.85. The van der Waals surface area contributed by atoms with E-state index >= 15 is 0 Å². The van der Waals surface area contributed by atoms with Gasteiger partial charge in [-0.15, -0.1) is 0 Å². The molecule has 0 saturated carbocycles. The fourth-order valence-corrected chi connectivity index (χ4v) is 3.99. The molecule has 3 saturated heterocycles. The van der Waals surface area contributed by atoms with Gasteiger partial charge in [0.25, 0.3) is 0 Å². The average molecular weight is 223 g/mol. The van der Waals surface area contributed by atoms with Crippen molar-refractivity contribution in [3.05, 3.63) is 0 Å². The van der Waals surface area contributed by atoms with E-state index in [9.17, 15) is 0 Å². The smallest absolute Gasteiger partial charge is 0.0264 e. The van der Waals surface area contributed by atoms with Crippen molar-refractivity contribution in [2.45, 2.75) is 56.7 Å². The van der Waals surface area contributed by atoms with Crippen LogP contribution in [0, 0.1) is 0 Å². The Labute approximate surface area is 99.0 Å². The van der Waals surface area contributed by atoms with E-state index in [1.807, 2.05) is 0 Å². The fourth-order valence-electron chi connectivity index (χ4n) is 3.99. The Morgan fingerprint density at radius 3 is 2.44 bits per heavy atom. The number of rotatable bonds is 1. The summed E-state index contributed by atoms with van der Waals surface area (Å²) in [5, 5.41) is 0. The lowest BCUT2D eigenvalue weighted by atomic mass is 9.95. The highest BCUT2D eigenvalue weighted by molar-refractivity contribution is 4.96. The van der Waals surface area contributed by atoms with Crippen LogP contribution in [-0.4, -0.2) is 54.1 Å². The first-order valence-electron chi connectivity index (χ1n) is 7.08. The van der Waals surface area contributed by atoms with Crippen molar-refractivity contribution in [3.63, 3.8) is 0 Å². The molecule has 92 valence electrons. The Morgan fingerprint density at radius 2 is 1.56 bits per heavy atom. The van der Waals surface area contributed by atoms with E-state index in [-0.39, 0.29) is 0 Å². The molecule has 3 heteroatoms. The van der Waals surface area contributed by atoms with Crippen LogP contribution in [-0.2, 0) is 0 Å². The molecule has 16 heavy (non-hydrogen) atoms. The number of fused-ring (bicyclic) bond motifs is 1. The zero-order valence-corrected chi connectivity index (χ0v) is 10.3. The third kappa shape index (κ3) is 2.01. The summed E-state index contributed by atoms with van der Waals surface area (Å²) in [6, 6.07) is 2.12. The van der Waals surface area contributed by atoms with E-state index < -0.39 is 0 Å². The molecule has 3 aliphatic rings. The summed E-state index contributed by atoms with van der Waals surface area (Å²) >= 11 is 0. The van der Waals surface area contributed by atoms with Gasteiger partial charge in [-0.3, -0.25) is 9.80 Å². The van der Waals surface area contributed by atoms with Gasteiger partial charge in [0.15, 0.2) is 0 Å². The summed E-state index contributed by atoms with van der Waals surface area (Å²) in [5.74, 6) is 0. The van der Waals surface area contributed by atoms with E-state index in [1.165, 1.54) is 58.2 Å². The third-order valence-corrected chi connectivity index (χ3v) is 4.78. The standard InChI is InChI=1S/C13H25N3/c14-11-4-3-8-16(10-11)13-6-9-15-7-2-1-5-12(13)15/h11-13H,1-10,14H2. The molecule has 3 fully saturated rings. The van der Waals surface area contributed by atoms with Crippen molar-refractivity contribution in [1.29, 1.82) is 0 Å². The number of likely N-dealkylation sites (tertiary alicyclic amines) is 1. The van der Waals surface area contributed by atoms with Crippen LogP contribution in [0.15, 0.2) is 0 Å². The van der Waals surface area contributed by atoms with Gasteiger partial charge in [-0.05, 0) is 45.2 Å². The van der Waals surface area contributed by atoms with E-state index in [2.05, 4.69) is 9.80 Å². The van der Waals surface area contributed by atoms with Crippen LogP contribution in [0.2, 0.25) is 0 Å². The molecule has 3 nitrogen and oxygen atoms in total. The average Bonchev–Trinajstić information content (AvgIpc) is 2.72. The molecule has 0 spiro atoms. The summed E-state index contributed by atoms with van der Waals surface area (Å²) in [5.41, 5.74) is 6.11. The van der Waals surface area contributed by atoms with Crippen LogP contribution in [0.4, 0.5) is 0 Å². The third-order valence-electron chi connectivity index (χ3n) is 4.78. The molecule has 0 aliphatic carbocycles. The second kappa shape index (κ2) is 4.63. The maximum atomic E-state index is 6.11. The summed E-state index contributed by atoms with van der Waals surface area (Å²) in [7, 11) is 0. The largest absolute Gasteiger partial charge is 0.327 e. The minimum Gasteiger partial charge on any atom is -0.327 e. The SMILES string of the molecule is NC1CCCN(C2CCN3CCCCC23)C1. The van der Waals surface area contributed by atoms with Crippen LogP contribution < -0.4 is 5.73 Å². The van der Waals surface area contributed by atoms with Gasteiger partial charge < -0.3 is 5.73 Å². The molecule has 0 aromatic heterocycles. The van der Waals surface area contributed by atoms with Crippen LogP contribution in [0.1, 0.15) is 38.5 Å². The second-order valence-electron chi connectivity index (χ2n) is 5.85. The van der Waals surface area contributed by atoms with Crippen molar-refractivity contribution in [2.75, 3.05) is 26.2 Å². The van der Waals surface area contributed by atoms with Gasteiger partial charge >= 0.3 is 0 Å². The molecule has 0 radical (unpaired) electrons. The molecule has 2 N–H and O–H groups in total. The Morgan fingerprint density at radius 1 is 0.750 bits per heavy atom. The van der Waals surface area contributed by atoms with Crippen LogP contribution in [0.3, 0.4) is 0 Å². The summed E-state index contributed by atoms with van der Waals surface area (Å²) in [4.78, 5) is 5.43. The predicted octanol–water partition coefficient (Wildman–Crippen LogP) is 1.04. The van der Waals surface area contributed by atoms with Crippen molar-refractivity contribution in [3.8, 4) is 0 Å². The van der Waals surface area contributed by atoms with Crippen molar-refractivity contribution >= 4 is 0 Å². The van der Waals surface area contributed by atoms with E-state index in [0.717, 1.165) is 18.6 Å². The van der Waals surface area contributed by atoms with Gasteiger partial charge in [0.2, 0.25) is 0 Å². The summed E-state index contributed by atoms with van der Waals surface area (Å²) in [6.45, 7) is 5.12. The molecule has 0 aromatic carbocycles. The van der Waals surface area contributed by atoms with Crippen molar-refractivity contribution in [1.82, 2.24) is 9.80 Å².